The maximum absolute atomic E-state index is 13.4. The first-order chi connectivity index (χ1) is 12.6. The van der Waals surface area contributed by atoms with E-state index in [0.29, 0.717) is 17.5 Å². The molecule has 4 nitrogen and oxygen atoms in total. The molecular weight excluding hydrogens is 324 g/mol. The lowest BCUT2D eigenvalue weighted by Crippen LogP contribution is -2.37. The summed E-state index contributed by atoms with van der Waals surface area (Å²) in [6.45, 7) is 4.03. The molecule has 4 rings (SSSR count). The molecule has 0 spiro atoms. The van der Waals surface area contributed by atoms with Gasteiger partial charge in [0, 0.05) is 23.2 Å². The van der Waals surface area contributed by atoms with E-state index in [-0.39, 0.29) is 11.9 Å². The van der Waals surface area contributed by atoms with Gasteiger partial charge in [-0.05, 0) is 51.0 Å². The van der Waals surface area contributed by atoms with Crippen LogP contribution in [0, 0.1) is 0 Å². The van der Waals surface area contributed by atoms with Crippen molar-refractivity contribution >= 4 is 11.6 Å². The average molecular weight is 346 g/mol. The van der Waals surface area contributed by atoms with Gasteiger partial charge in [0.25, 0.3) is 5.91 Å². The highest BCUT2D eigenvalue weighted by molar-refractivity contribution is 6.06. The van der Waals surface area contributed by atoms with Gasteiger partial charge in [-0.2, -0.15) is 0 Å². The average Bonchev–Trinajstić information content (AvgIpc) is 3.41. The van der Waals surface area contributed by atoms with Crippen molar-refractivity contribution in [2.45, 2.75) is 38.6 Å². The second-order valence-corrected chi connectivity index (χ2v) is 6.98. The number of carbonyl (C=O) groups excluding carboxylic acids is 1. The standard InChI is InChI=1S/C22H22N2O2/c1-15(2)24(18-11-7-4-8-12-18)22(25)19-20(16-13-14-16)26-21(23-19)17-9-5-3-6-10-17/h3-12,15-16H,13-14H2,1-2H3. The van der Waals surface area contributed by atoms with Gasteiger partial charge in [0.1, 0.15) is 5.76 Å². The highest BCUT2D eigenvalue weighted by Gasteiger charge is 2.36. The van der Waals surface area contributed by atoms with Crippen molar-refractivity contribution < 1.29 is 9.21 Å². The fourth-order valence-electron chi connectivity index (χ4n) is 3.16. The van der Waals surface area contributed by atoms with Gasteiger partial charge < -0.3 is 9.32 Å². The van der Waals surface area contributed by atoms with Crippen LogP contribution in [0.25, 0.3) is 11.5 Å². The van der Waals surface area contributed by atoms with Crippen LogP contribution in [0.1, 0.15) is 48.9 Å². The Hall–Kier alpha value is -2.88. The monoisotopic (exact) mass is 346 g/mol. The Balaban J connectivity index is 1.76. The molecule has 1 amide bonds. The molecule has 3 aromatic rings. The highest BCUT2D eigenvalue weighted by Crippen LogP contribution is 2.43. The van der Waals surface area contributed by atoms with Gasteiger partial charge in [0.2, 0.25) is 5.89 Å². The Bertz CT molecular complexity index is 896. The number of carbonyl (C=O) groups is 1. The lowest BCUT2D eigenvalue weighted by atomic mass is 10.1. The first-order valence-corrected chi connectivity index (χ1v) is 9.10. The zero-order chi connectivity index (χ0) is 18.1. The van der Waals surface area contributed by atoms with Crippen LogP contribution in [-0.4, -0.2) is 16.9 Å². The predicted molar refractivity (Wildman–Crippen MR) is 102 cm³/mol. The van der Waals surface area contributed by atoms with Crippen LogP contribution in [0.3, 0.4) is 0 Å². The molecule has 0 radical (unpaired) electrons. The topological polar surface area (TPSA) is 46.3 Å². The Morgan fingerprint density at radius 3 is 2.23 bits per heavy atom. The van der Waals surface area contributed by atoms with Crippen LogP contribution in [0.15, 0.2) is 65.1 Å². The molecule has 0 N–H and O–H groups in total. The number of hydrogen-bond donors (Lipinski definition) is 0. The molecule has 1 aliphatic rings. The number of benzene rings is 2. The number of aromatic nitrogens is 1. The summed E-state index contributed by atoms with van der Waals surface area (Å²) in [5, 5.41) is 0. The summed E-state index contributed by atoms with van der Waals surface area (Å²) in [5.41, 5.74) is 2.21. The number of rotatable bonds is 5. The molecule has 0 atom stereocenters. The molecule has 1 saturated carbocycles. The fraction of sp³-hybridized carbons (Fsp3) is 0.273. The Morgan fingerprint density at radius 1 is 1.04 bits per heavy atom. The van der Waals surface area contributed by atoms with Gasteiger partial charge in [-0.25, -0.2) is 4.98 Å². The summed E-state index contributed by atoms with van der Waals surface area (Å²) in [5.74, 6) is 1.46. The van der Waals surface area contributed by atoms with Crippen molar-refractivity contribution in [1.82, 2.24) is 4.98 Å². The SMILES string of the molecule is CC(C)N(C(=O)c1nc(-c2ccccc2)oc1C1CC1)c1ccccc1. The third-order valence-corrected chi connectivity index (χ3v) is 4.59. The molecule has 26 heavy (non-hydrogen) atoms. The summed E-state index contributed by atoms with van der Waals surface area (Å²) in [6.07, 6.45) is 2.10. The highest BCUT2D eigenvalue weighted by atomic mass is 16.4. The van der Waals surface area contributed by atoms with Gasteiger partial charge in [-0.15, -0.1) is 0 Å². The summed E-state index contributed by atoms with van der Waals surface area (Å²) in [7, 11) is 0. The van der Waals surface area contributed by atoms with Crippen LogP contribution in [-0.2, 0) is 0 Å². The molecule has 0 aliphatic heterocycles. The van der Waals surface area contributed by atoms with Gasteiger partial charge in [-0.1, -0.05) is 36.4 Å². The molecule has 1 fully saturated rings. The molecular formula is C22H22N2O2. The number of hydrogen-bond acceptors (Lipinski definition) is 3. The second kappa shape index (κ2) is 6.79. The normalized spacial score (nSPS) is 13.8. The van der Waals surface area contributed by atoms with E-state index in [1.54, 1.807) is 4.90 Å². The van der Waals surface area contributed by atoms with Crippen molar-refractivity contribution in [3.05, 3.63) is 72.1 Å². The quantitative estimate of drug-likeness (QED) is 0.632. The van der Waals surface area contributed by atoms with Crippen LogP contribution in [0.4, 0.5) is 5.69 Å². The molecule has 0 saturated heterocycles. The van der Waals surface area contributed by atoms with E-state index in [0.717, 1.165) is 29.9 Å². The van der Waals surface area contributed by atoms with E-state index >= 15 is 0 Å². The largest absolute Gasteiger partial charge is 0.440 e. The number of nitrogens with zero attached hydrogens (tertiary/aromatic N) is 2. The minimum Gasteiger partial charge on any atom is -0.440 e. The predicted octanol–water partition coefficient (Wildman–Crippen LogP) is 5.27. The zero-order valence-electron chi connectivity index (χ0n) is 15.1. The van der Waals surface area contributed by atoms with Crippen LogP contribution in [0.2, 0.25) is 0 Å². The molecule has 4 heteroatoms. The summed E-state index contributed by atoms with van der Waals surface area (Å²) < 4.78 is 6.05. The van der Waals surface area contributed by atoms with Gasteiger partial charge in [-0.3, -0.25) is 4.79 Å². The molecule has 1 aliphatic carbocycles. The Morgan fingerprint density at radius 2 is 1.65 bits per heavy atom. The van der Waals surface area contributed by atoms with Crippen molar-refractivity contribution in [1.29, 1.82) is 0 Å². The van der Waals surface area contributed by atoms with Crippen molar-refractivity contribution in [3.8, 4) is 11.5 Å². The van der Waals surface area contributed by atoms with Crippen molar-refractivity contribution in [3.63, 3.8) is 0 Å². The summed E-state index contributed by atoms with van der Waals surface area (Å²) in [6, 6.07) is 19.5. The van der Waals surface area contributed by atoms with E-state index in [2.05, 4.69) is 4.98 Å². The van der Waals surface area contributed by atoms with Crippen molar-refractivity contribution in [2.75, 3.05) is 4.90 Å². The molecule has 132 valence electrons. The summed E-state index contributed by atoms with van der Waals surface area (Å²) >= 11 is 0. The van der Waals surface area contributed by atoms with Gasteiger partial charge in [0.05, 0.1) is 0 Å². The van der Waals surface area contributed by atoms with Crippen LogP contribution >= 0.6 is 0 Å². The molecule has 0 unspecified atom stereocenters. The Kier molecular flexibility index (Phi) is 4.33. The number of anilines is 1. The molecule has 2 aromatic carbocycles. The first-order valence-electron chi connectivity index (χ1n) is 9.10. The van der Waals surface area contributed by atoms with Crippen LogP contribution in [0.5, 0.6) is 0 Å². The van der Waals surface area contributed by atoms with E-state index in [1.165, 1.54) is 0 Å². The molecule has 1 aromatic heterocycles. The maximum Gasteiger partial charge on any atom is 0.280 e. The Labute approximate surface area is 153 Å². The minimum atomic E-state index is -0.0981. The molecule has 0 bridgehead atoms. The third kappa shape index (κ3) is 3.15. The minimum absolute atomic E-state index is 0.0221. The number of amides is 1. The van der Waals surface area contributed by atoms with E-state index in [9.17, 15) is 4.79 Å². The van der Waals surface area contributed by atoms with Crippen LogP contribution < -0.4 is 4.90 Å². The second-order valence-electron chi connectivity index (χ2n) is 6.98. The van der Waals surface area contributed by atoms with E-state index in [4.69, 9.17) is 4.42 Å². The summed E-state index contributed by atoms with van der Waals surface area (Å²) in [4.78, 5) is 19.8. The van der Waals surface area contributed by atoms with Crippen molar-refractivity contribution in [2.24, 2.45) is 0 Å². The lowest BCUT2D eigenvalue weighted by molar-refractivity contribution is 0.0974. The lowest BCUT2D eigenvalue weighted by Gasteiger charge is -2.26. The zero-order valence-corrected chi connectivity index (χ0v) is 15.1. The van der Waals surface area contributed by atoms with E-state index < -0.39 is 0 Å². The first kappa shape index (κ1) is 16.6. The third-order valence-electron chi connectivity index (χ3n) is 4.59. The molecule has 1 heterocycles. The maximum atomic E-state index is 13.4. The number of oxazole rings is 1. The smallest absolute Gasteiger partial charge is 0.280 e. The van der Waals surface area contributed by atoms with E-state index in [1.807, 2.05) is 74.5 Å². The van der Waals surface area contributed by atoms with Gasteiger partial charge in [0.15, 0.2) is 5.69 Å². The number of para-hydroxylation sites is 1. The fourth-order valence-corrected chi connectivity index (χ4v) is 3.16. The van der Waals surface area contributed by atoms with Gasteiger partial charge >= 0.3 is 0 Å².